The minimum absolute atomic E-state index is 0.0149. The normalized spacial score (nSPS) is 11.6. The molecule has 0 aliphatic rings. The van der Waals surface area contributed by atoms with Crippen molar-refractivity contribution >= 4 is 68.0 Å². The summed E-state index contributed by atoms with van der Waals surface area (Å²) in [7, 11) is -2.72. The number of halogens is 4. The van der Waals surface area contributed by atoms with Crippen LogP contribution in [0.1, 0.15) is 0 Å². The van der Waals surface area contributed by atoms with Crippen LogP contribution in [0.2, 0.25) is 20.1 Å². The summed E-state index contributed by atoms with van der Waals surface area (Å²) in [4.78, 5) is 11.9. The molecule has 2 aromatic rings. The highest BCUT2D eigenvalue weighted by Gasteiger charge is 2.25. The number of benzene rings is 2. The van der Waals surface area contributed by atoms with Gasteiger partial charge in [-0.2, -0.15) is 4.31 Å². The van der Waals surface area contributed by atoms with Crippen molar-refractivity contribution in [1.82, 2.24) is 4.31 Å². The first-order chi connectivity index (χ1) is 11.6. The number of anilines is 1. The molecule has 0 radical (unpaired) electrons. The maximum absolute atomic E-state index is 12.6. The van der Waals surface area contributed by atoms with Gasteiger partial charge >= 0.3 is 0 Å². The van der Waals surface area contributed by atoms with E-state index < -0.39 is 22.5 Å². The number of hydrogen-bond donors (Lipinski definition) is 1. The lowest BCUT2D eigenvalue weighted by Crippen LogP contribution is -2.35. The number of amides is 1. The lowest BCUT2D eigenvalue weighted by molar-refractivity contribution is -0.116. The van der Waals surface area contributed by atoms with Crippen molar-refractivity contribution < 1.29 is 13.2 Å². The fourth-order valence-corrected chi connectivity index (χ4v) is 4.06. The van der Waals surface area contributed by atoms with E-state index in [0.29, 0.717) is 10.7 Å². The third-order valence-electron chi connectivity index (χ3n) is 3.15. The van der Waals surface area contributed by atoms with Crippen LogP contribution in [0.3, 0.4) is 0 Å². The molecular weight excluding hydrogens is 430 g/mol. The summed E-state index contributed by atoms with van der Waals surface area (Å²) in [6.45, 7) is -0.425. The van der Waals surface area contributed by atoms with Gasteiger partial charge in [-0.25, -0.2) is 8.42 Å². The quantitative estimate of drug-likeness (QED) is 0.739. The molecule has 1 amide bonds. The number of rotatable bonds is 5. The lowest BCUT2D eigenvalue weighted by Gasteiger charge is -2.18. The molecule has 0 saturated carbocycles. The standard InChI is InChI=1S/C15H12Cl4N2O3S/c1-21(25(23,24)14-6-9(16)2-4-12(14)18)8-15(22)20-10-3-5-11(17)13(19)7-10/h2-7H,8H2,1H3,(H,20,22). The molecule has 0 heterocycles. The Balaban J connectivity index is 2.14. The number of nitrogens with one attached hydrogen (secondary N) is 1. The van der Waals surface area contributed by atoms with Crippen molar-refractivity contribution in [3.63, 3.8) is 0 Å². The first-order valence-corrected chi connectivity index (χ1v) is 9.73. The van der Waals surface area contributed by atoms with Gasteiger partial charge in [0, 0.05) is 17.8 Å². The van der Waals surface area contributed by atoms with Gasteiger partial charge in [-0.05, 0) is 36.4 Å². The Kier molecular flexibility index (Phi) is 6.59. The Bertz CT molecular complexity index is 919. The molecule has 0 unspecified atom stereocenters. The van der Waals surface area contributed by atoms with Crippen LogP contribution >= 0.6 is 46.4 Å². The van der Waals surface area contributed by atoms with Crippen molar-refractivity contribution in [2.24, 2.45) is 0 Å². The van der Waals surface area contributed by atoms with Crippen molar-refractivity contribution in [2.45, 2.75) is 4.90 Å². The van der Waals surface area contributed by atoms with Crippen LogP contribution in [0.25, 0.3) is 0 Å². The molecule has 10 heteroatoms. The molecule has 0 aromatic heterocycles. The third kappa shape index (κ3) is 5.00. The van der Waals surface area contributed by atoms with E-state index in [0.717, 1.165) is 4.31 Å². The maximum atomic E-state index is 12.6. The smallest absolute Gasteiger partial charge is 0.244 e. The van der Waals surface area contributed by atoms with Gasteiger partial charge in [0.25, 0.3) is 0 Å². The molecule has 2 aromatic carbocycles. The van der Waals surface area contributed by atoms with Crippen molar-refractivity contribution in [3.05, 3.63) is 56.5 Å². The van der Waals surface area contributed by atoms with E-state index in [2.05, 4.69) is 5.32 Å². The minimum Gasteiger partial charge on any atom is -0.325 e. The molecule has 0 fully saturated rings. The van der Waals surface area contributed by atoms with E-state index in [-0.39, 0.29) is 20.0 Å². The fourth-order valence-electron chi connectivity index (χ4n) is 1.90. The van der Waals surface area contributed by atoms with E-state index in [1.54, 1.807) is 6.07 Å². The first-order valence-electron chi connectivity index (χ1n) is 6.77. The molecule has 134 valence electrons. The molecule has 0 atom stereocenters. The van der Waals surface area contributed by atoms with Gasteiger partial charge in [0.05, 0.1) is 21.6 Å². The summed E-state index contributed by atoms with van der Waals surface area (Å²) in [6, 6.07) is 8.61. The second-order valence-corrected chi connectivity index (χ2v) is 8.68. The first kappa shape index (κ1) is 20.3. The highest BCUT2D eigenvalue weighted by molar-refractivity contribution is 7.89. The average Bonchev–Trinajstić information content (AvgIpc) is 2.53. The van der Waals surface area contributed by atoms with Gasteiger partial charge in [-0.15, -0.1) is 0 Å². The highest BCUT2D eigenvalue weighted by atomic mass is 35.5. The Morgan fingerprint density at radius 1 is 1.00 bits per heavy atom. The second kappa shape index (κ2) is 8.12. The summed E-state index contributed by atoms with van der Waals surface area (Å²) in [6.07, 6.45) is 0. The van der Waals surface area contributed by atoms with Crippen LogP contribution < -0.4 is 5.32 Å². The maximum Gasteiger partial charge on any atom is 0.244 e. The van der Waals surface area contributed by atoms with Crippen LogP contribution in [0, 0.1) is 0 Å². The zero-order chi connectivity index (χ0) is 18.8. The van der Waals surface area contributed by atoms with E-state index >= 15 is 0 Å². The molecule has 0 aliphatic carbocycles. The molecule has 0 aliphatic heterocycles. The summed E-state index contributed by atoms with van der Waals surface area (Å²) < 4.78 is 26.0. The van der Waals surface area contributed by atoms with Gasteiger partial charge in [-0.3, -0.25) is 4.79 Å². The number of carbonyl (C=O) groups is 1. The van der Waals surface area contributed by atoms with E-state index in [1.807, 2.05) is 0 Å². The molecule has 0 saturated heterocycles. The highest BCUT2D eigenvalue weighted by Crippen LogP contribution is 2.27. The molecular formula is C15H12Cl4N2O3S. The van der Waals surface area contributed by atoms with Crippen molar-refractivity contribution in [1.29, 1.82) is 0 Å². The van der Waals surface area contributed by atoms with E-state index in [1.165, 1.54) is 37.4 Å². The van der Waals surface area contributed by atoms with E-state index in [9.17, 15) is 13.2 Å². The molecule has 2 rings (SSSR count). The minimum atomic E-state index is -3.99. The third-order valence-corrected chi connectivity index (χ3v) is 6.41. The van der Waals surface area contributed by atoms with Crippen LogP contribution in [-0.4, -0.2) is 32.2 Å². The largest absolute Gasteiger partial charge is 0.325 e. The summed E-state index contributed by atoms with van der Waals surface area (Å²) in [5, 5.41) is 3.39. The topological polar surface area (TPSA) is 66.5 Å². The summed E-state index contributed by atoms with van der Waals surface area (Å²) in [5.74, 6) is -0.553. The van der Waals surface area contributed by atoms with Crippen LogP contribution in [-0.2, 0) is 14.8 Å². The monoisotopic (exact) mass is 440 g/mol. The summed E-state index contributed by atoms with van der Waals surface area (Å²) in [5.41, 5.74) is 0.394. The SMILES string of the molecule is CN(CC(=O)Nc1ccc(Cl)c(Cl)c1)S(=O)(=O)c1cc(Cl)ccc1Cl. The van der Waals surface area contributed by atoms with Crippen molar-refractivity contribution in [3.8, 4) is 0 Å². The number of hydrogen-bond acceptors (Lipinski definition) is 3. The Morgan fingerprint density at radius 3 is 2.28 bits per heavy atom. The van der Waals surface area contributed by atoms with Gasteiger partial charge in [0.1, 0.15) is 4.90 Å². The predicted octanol–water partition coefficient (Wildman–Crippen LogP) is 4.56. The molecule has 25 heavy (non-hydrogen) atoms. The average molecular weight is 442 g/mol. The van der Waals surface area contributed by atoms with Crippen LogP contribution in [0.5, 0.6) is 0 Å². The zero-order valence-electron chi connectivity index (χ0n) is 12.8. The number of sulfonamides is 1. The Hall–Kier alpha value is -1.02. The summed E-state index contributed by atoms with van der Waals surface area (Å²) >= 11 is 23.4. The second-order valence-electron chi connectivity index (χ2n) is 5.01. The number of carbonyl (C=O) groups excluding carboxylic acids is 1. The van der Waals surface area contributed by atoms with Crippen LogP contribution in [0.4, 0.5) is 5.69 Å². The predicted molar refractivity (Wildman–Crippen MR) is 101 cm³/mol. The molecule has 1 N–H and O–H groups in total. The number of nitrogens with zero attached hydrogens (tertiary/aromatic N) is 1. The molecule has 0 bridgehead atoms. The molecule has 0 spiro atoms. The van der Waals surface area contributed by atoms with Gasteiger partial charge in [-0.1, -0.05) is 46.4 Å². The molecule has 5 nitrogen and oxygen atoms in total. The van der Waals surface area contributed by atoms with E-state index in [4.69, 9.17) is 46.4 Å². The van der Waals surface area contributed by atoms with Gasteiger partial charge in [0.2, 0.25) is 15.9 Å². The lowest BCUT2D eigenvalue weighted by atomic mass is 10.3. The fraction of sp³-hybridized carbons (Fsp3) is 0.133. The Morgan fingerprint density at radius 2 is 1.64 bits per heavy atom. The van der Waals surface area contributed by atoms with Gasteiger partial charge < -0.3 is 5.32 Å². The van der Waals surface area contributed by atoms with Crippen molar-refractivity contribution in [2.75, 3.05) is 18.9 Å². The zero-order valence-corrected chi connectivity index (χ0v) is 16.6. The van der Waals surface area contributed by atoms with Crippen LogP contribution in [0.15, 0.2) is 41.3 Å². The number of likely N-dealkylation sites (N-methyl/N-ethyl adjacent to an activating group) is 1. The van der Waals surface area contributed by atoms with Gasteiger partial charge in [0.15, 0.2) is 0 Å². The Labute approximate surface area is 165 Å².